The zero-order valence-corrected chi connectivity index (χ0v) is 23.4. The van der Waals surface area contributed by atoms with E-state index in [-0.39, 0.29) is 11.0 Å². The van der Waals surface area contributed by atoms with Gasteiger partial charge >= 0.3 is 6.09 Å². The molecular formula is C29H46N4O3. The highest BCUT2D eigenvalue weighted by Gasteiger charge is 2.38. The summed E-state index contributed by atoms with van der Waals surface area (Å²) in [6.07, 6.45) is 3.85. The normalized spacial score (nSPS) is 20.1. The zero-order chi connectivity index (χ0) is 26.7. The zero-order valence-electron chi connectivity index (χ0n) is 23.4. The number of aromatic nitrogens is 2. The minimum absolute atomic E-state index is 0.0336. The molecule has 0 radical (unpaired) electrons. The minimum atomic E-state index is -0.770. The Bertz CT molecular complexity index is 1020. The summed E-state index contributed by atoms with van der Waals surface area (Å²) in [5.74, 6) is 0.306. The van der Waals surface area contributed by atoms with Gasteiger partial charge in [0.05, 0.1) is 18.3 Å². The van der Waals surface area contributed by atoms with Gasteiger partial charge in [-0.25, -0.2) is 4.79 Å². The van der Waals surface area contributed by atoms with Gasteiger partial charge in [-0.05, 0) is 74.5 Å². The first-order valence-corrected chi connectivity index (χ1v) is 13.2. The molecule has 3 atom stereocenters. The number of aliphatic hydroxyl groups excluding tert-OH is 1. The standard InChI is InChI=1S/C29H46N4O3/c1-19(2)14-24(32-26(35)36-28(6,7)8)25(34)18-30-29(13-12-23-20(16-29)17-31-33-23)22-11-9-10-21(15-22)27(3,4)5/h9-11,15,17,19,24-25,30,34H,12-14,16,18H2,1-8H3,(H,31,33)(H,32,35). The lowest BCUT2D eigenvalue weighted by atomic mass is 9.74. The molecule has 3 rings (SSSR count). The van der Waals surface area contributed by atoms with Crippen molar-refractivity contribution < 1.29 is 14.6 Å². The molecule has 1 aromatic carbocycles. The average molecular weight is 499 g/mol. The number of benzene rings is 1. The van der Waals surface area contributed by atoms with Crippen molar-refractivity contribution in [2.45, 2.75) is 110 Å². The second kappa shape index (κ2) is 10.9. The minimum Gasteiger partial charge on any atom is -0.444 e. The van der Waals surface area contributed by atoms with Crippen LogP contribution in [0.2, 0.25) is 0 Å². The fourth-order valence-corrected chi connectivity index (χ4v) is 4.96. The molecule has 36 heavy (non-hydrogen) atoms. The Hall–Kier alpha value is -2.38. The molecule has 1 aliphatic carbocycles. The van der Waals surface area contributed by atoms with Crippen molar-refractivity contribution in [1.82, 2.24) is 20.8 Å². The summed E-state index contributed by atoms with van der Waals surface area (Å²) in [6, 6.07) is 8.38. The second-order valence-corrected chi connectivity index (χ2v) is 12.8. The quantitative estimate of drug-likeness (QED) is 0.411. The third-order valence-electron chi connectivity index (χ3n) is 6.92. The van der Waals surface area contributed by atoms with Crippen LogP contribution in [0.1, 0.15) is 90.6 Å². The number of nitrogens with one attached hydrogen (secondary N) is 3. The first-order valence-electron chi connectivity index (χ1n) is 13.2. The number of hydrogen-bond donors (Lipinski definition) is 4. The largest absolute Gasteiger partial charge is 0.444 e. The molecule has 0 bridgehead atoms. The van der Waals surface area contributed by atoms with Gasteiger partial charge in [-0.3, -0.25) is 5.10 Å². The van der Waals surface area contributed by atoms with E-state index < -0.39 is 23.8 Å². The number of hydrogen-bond acceptors (Lipinski definition) is 5. The molecule has 1 amide bonds. The van der Waals surface area contributed by atoms with E-state index in [1.807, 2.05) is 27.0 Å². The van der Waals surface area contributed by atoms with E-state index in [1.54, 1.807) is 0 Å². The number of alkyl carbamates (subject to hydrolysis) is 1. The lowest BCUT2D eigenvalue weighted by Crippen LogP contribution is -2.54. The van der Waals surface area contributed by atoms with Crippen LogP contribution in [0, 0.1) is 5.92 Å². The maximum Gasteiger partial charge on any atom is 0.407 e. The SMILES string of the molecule is CC(C)CC(NC(=O)OC(C)(C)C)C(O)CNC1(c2cccc(C(C)(C)C)c2)CCc2[nH]ncc2C1. The molecule has 7 heteroatoms. The van der Waals surface area contributed by atoms with E-state index in [9.17, 15) is 9.90 Å². The van der Waals surface area contributed by atoms with Crippen LogP contribution < -0.4 is 10.6 Å². The third kappa shape index (κ3) is 7.32. The summed E-state index contributed by atoms with van der Waals surface area (Å²) < 4.78 is 5.47. The monoisotopic (exact) mass is 498 g/mol. The Kier molecular flexibility index (Phi) is 8.56. The molecular weight excluding hydrogens is 452 g/mol. The van der Waals surface area contributed by atoms with E-state index in [0.717, 1.165) is 19.3 Å². The number of carbonyl (C=O) groups is 1. The molecule has 2 aromatic rings. The number of aromatic amines is 1. The third-order valence-corrected chi connectivity index (χ3v) is 6.92. The van der Waals surface area contributed by atoms with Gasteiger partial charge in [0.15, 0.2) is 0 Å². The van der Waals surface area contributed by atoms with E-state index in [0.29, 0.717) is 18.9 Å². The van der Waals surface area contributed by atoms with E-state index in [4.69, 9.17) is 4.74 Å². The first kappa shape index (κ1) is 28.2. The summed E-state index contributed by atoms with van der Waals surface area (Å²) in [5, 5.41) is 25.4. The molecule has 1 aliphatic rings. The lowest BCUT2D eigenvalue weighted by molar-refractivity contribution is 0.0390. The van der Waals surface area contributed by atoms with Crippen LogP contribution in [-0.4, -0.2) is 45.7 Å². The Balaban J connectivity index is 1.84. The molecule has 0 saturated heterocycles. The van der Waals surface area contributed by atoms with Crippen molar-refractivity contribution in [2.24, 2.45) is 5.92 Å². The van der Waals surface area contributed by atoms with Crippen LogP contribution in [0.15, 0.2) is 30.5 Å². The van der Waals surface area contributed by atoms with Crippen LogP contribution in [0.25, 0.3) is 0 Å². The maximum absolute atomic E-state index is 12.5. The fraction of sp³-hybridized carbons (Fsp3) is 0.655. The predicted molar refractivity (Wildman–Crippen MR) is 144 cm³/mol. The first-order chi connectivity index (χ1) is 16.7. The van der Waals surface area contributed by atoms with Crippen molar-refractivity contribution in [2.75, 3.05) is 6.54 Å². The van der Waals surface area contributed by atoms with Crippen LogP contribution in [0.3, 0.4) is 0 Å². The van der Waals surface area contributed by atoms with Gasteiger partial charge in [-0.1, -0.05) is 58.9 Å². The Morgan fingerprint density at radius 3 is 2.58 bits per heavy atom. The van der Waals surface area contributed by atoms with Crippen molar-refractivity contribution in [3.63, 3.8) is 0 Å². The van der Waals surface area contributed by atoms with E-state index >= 15 is 0 Å². The molecule has 0 saturated carbocycles. The topological polar surface area (TPSA) is 99.3 Å². The van der Waals surface area contributed by atoms with Gasteiger partial charge < -0.3 is 20.5 Å². The number of rotatable bonds is 8. The molecule has 0 spiro atoms. The van der Waals surface area contributed by atoms with Crippen molar-refractivity contribution in [1.29, 1.82) is 0 Å². The Morgan fingerprint density at radius 2 is 1.94 bits per heavy atom. The van der Waals surface area contributed by atoms with E-state index in [2.05, 4.69) is 79.7 Å². The molecule has 1 heterocycles. The molecule has 3 unspecified atom stereocenters. The number of ether oxygens (including phenoxy) is 1. The predicted octanol–water partition coefficient (Wildman–Crippen LogP) is 4.98. The van der Waals surface area contributed by atoms with E-state index in [1.165, 1.54) is 22.4 Å². The van der Waals surface area contributed by atoms with Crippen molar-refractivity contribution in [3.05, 3.63) is 52.8 Å². The van der Waals surface area contributed by atoms with Gasteiger partial charge in [-0.15, -0.1) is 0 Å². The average Bonchev–Trinajstić information content (AvgIpc) is 3.22. The molecule has 1 aromatic heterocycles. The number of H-pyrrole nitrogens is 1. The van der Waals surface area contributed by atoms with Crippen LogP contribution >= 0.6 is 0 Å². The van der Waals surface area contributed by atoms with Gasteiger partial charge in [0.25, 0.3) is 0 Å². The number of aliphatic hydroxyl groups is 1. The number of carbonyl (C=O) groups excluding carboxylic acids is 1. The van der Waals surface area contributed by atoms with Crippen molar-refractivity contribution in [3.8, 4) is 0 Å². The fourth-order valence-electron chi connectivity index (χ4n) is 4.96. The number of fused-ring (bicyclic) bond motifs is 1. The summed E-state index contributed by atoms with van der Waals surface area (Å²) in [4.78, 5) is 12.5. The number of nitrogens with zero attached hydrogens (tertiary/aromatic N) is 1. The Labute approximate surface area is 216 Å². The number of amides is 1. The summed E-state index contributed by atoms with van der Waals surface area (Å²) in [6.45, 7) is 16.7. The number of aryl methyl sites for hydroxylation is 1. The summed E-state index contributed by atoms with van der Waals surface area (Å²) >= 11 is 0. The molecule has 0 aliphatic heterocycles. The molecule has 4 N–H and O–H groups in total. The lowest BCUT2D eigenvalue weighted by Gasteiger charge is -2.40. The van der Waals surface area contributed by atoms with Gasteiger partial charge in [0.2, 0.25) is 0 Å². The highest BCUT2D eigenvalue weighted by molar-refractivity contribution is 5.68. The highest BCUT2D eigenvalue weighted by atomic mass is 16.6. The highest BCUT2D eigenvalue weighted by Crippen LogP contribution is 2.37. The molecule has 7 nitrogen and oxygen atoms in total. The van der Waals surface area contributed by atoms with Crippen LogP contribution in [-0.2, 0) is 28.5 Å². The van der Waals surface area contributed by atoms with Crippen LogP contribution in [0.4, 0.5) is 4.79 Å². The van der Waals surface area contributed by atoms with Gasteiger partial charge in [0, 0.05) is 17.8 Å². The summed E-state index contributed by atoms with van der Waals surface area (Å²) in [7, 11) is 0. The molecule has 200 valence electrons. The van der Waals surface area contributed by atoms with Crippen LogP contribution in [0.5, 0.6) is 0 Å². The smallest absolute Gasteiger partial charge is 0.407 e. The summed E-state index contributed by atoms with van der Waals surface area (Å²) in [5.41, 5.74) is 3.99. The van der Waals surface area contributed by atoms with Crippen molar-refractivity contribution >= 4 is 6.09 Å². The van der Waals surface area contributed by atoms with Gasteiger partial charge in [0.1, 0.15) is 5.60 Å². The second-order valence-electron chi connectivity index (χ2n) is 12.8. The Morgan fingerprint density at radius 1 is 1.22 bits per heavy atom. The maximum atomic E-state index is 12.5. The van der Waals surface area contributed by atoms with Gasteiger partial charge in [-0.2, -0.15) is 5.10 Å². The molecule has 0 fully saturated rings.